The lowest BCUT2D eigenvalue weighted by molar-refractivity contribution is -0.166. The molecule has 0 heterocycles. The predicted octanol–water partition coefficient (Wildman–Crippen LogP) is 2.68. The summed E-state index contributed by atoms with van der Waals surface area (Å²) in [7, 11) is 0. The van der Waals surface area contributed by atoms with Gasteiger partial charge < -0.3 is 10.4 Å². The van der Waals surface area contributed by atoms with Crippen molar-refractivity contribution in [2.75, 3.05) is 6.54 Å². The average Bonchev–Trinajstić information content (AvgIpc) is 3.09. The lowest BCUT2D eigenvalue weighted by Gasteiger charge is -2.22. The zero-order valence-electron chi connectivity index (χ0n) is 9.77. The molecule has 1 fully saturated rings. The van der Waals surface area contributed by atoms with E-state index in [-0.39, 0.29) is 18.4 Å². The average molecular weight is 281 g/mol. The third kappa shape index (κ3) is 2.87. The molecule has 1 saturated carbocycles. The Labute approximate surface area is 106 Å². The van der Waals surface area contributed by atoms with Crippen molar-refractivity contribution in [1.82, 2.24) is 5.32 Å². The summed E-state index contributed by atoms with van der Waals surface area (Å²) >= 11 is 0. The van der Waals surface area contributed by atoms with E-state index in [1.165, 1.54) is 0 Å². The summed E-state index contributed by atoms with van der Waals surface area (Å²) < 4.78 is 64.1. The molecule has 106 valence electrons. The number of hydrogen-bond acceptors (Lipinski definition) is 2. The van der Waals surface area contributed by atoms with Crippen molar-refractivity contribution >= 4 is 0 Å². The van der Waals surface area contributed by atoms with Crippen LogP contribution < -0.4 is 5.32 Å². The maximum atomic E-state index is 13.3. The van der Waals surface area contributed by atoms with Crippen LogP contribution in [0.1, 0.15) is 24.5 Å². The number of halogens is 5. The second-order valence-electron chi connectivity index (χ2n) is 4.64. The lowest BCUT2D eigenvalue weighted by atomic mass is 10.1. The number of nitrogens with one attached hydrogen (secondary N) is 1. The number of hydrogen-bond donors (Lipinski definition) is 2. The Hall–Kier alpha value is -1.21. The molecule has 0 aromatic heterocycles. The van der Waals surface area contributed by atoms with Crippen LogP contribution in [0, 0.1) is 11.6 Å². The van der Waals surface area contributed by atoms with Gasteiger partial charge in [-0.1, -0.05) is 0 Å². The minimum atomic E-state index is -4.41. The summed E-state index contributed by atoms with van der Waals surface area (Å²) in [4.78, 5) is 0. The summed E-state index contributed by atoms with van der Waals surface area (Å²) in [6.45, 7) is -0.486. The minimum Gasteiger partial charge on any atom is -0.387 e. The molecule has 0 radical (unpaired) electrons. The van der Waals surface area contributed by atoms with E-state index in [9.17, 15) is 27.1 Å². The van der Waals surface area contributed by atoms with Crippen LogP contribution in [0.3, 0.4) is 0 Å². The summed E-state index contributed by atoms with van der Waals surface area (Å²) in [5.41, 5.74) is -2.34. The second-order valence-corrected chi connectivity index (χ2v) is 4.64. The first-order chi connectivity index (χ1) is 8.75. The molecular formula is C12H12F5NO. The van der Waals surface area contributed by atoms with Gasteiger partial charge in [-0.2, -0.15) is 13.2 Å². The summed E-state index contributed by atoms with van der Waals surface area (Å²) in [6.07, 6.45) is -6.09. The van der Waals surface area contributed by atoms with Crippen LogP contribution in [0.2, 0.25) is 0 Å². The zero-order valence-corrected chi connectivity index (χ0v) is 9.77. The monoisotopic (exact) mass is 281 g/mol. The SMILES string of the molecule is OC(CNC1(C(F)(F)F)CC1)c1cc(F)ccc1F. The number of aliphatic hydroxyl groups is 1. The van der Waals surface area contributed by atoms with Gasteiger partial charge in [-0.3, -0.25) is 0 Å². The van der Waals surface area contributed by atoms with Gasteiger partial charge in [0.15, 0.2) is 0 Å². The molecular weight excluding hydrogens is 269 g/mol. The molecule has 1 aliphatic rings. The Morgan fingerprint density at radius 3 is 2.42 bits per heavy atom. The molecule has 1 aliphatic carbocycles. The lowest BCUT2D eigenvalue weighted by Crippen LogP contribution is -2.46. The number of aliphatic hydroxyl groups excluding tert-OH is 1. The molecule has 1 aromatic carbocycles. The Morgan fingerprint density at radius 2 is 1.89 bits per heavy atom. The van der Waals surface area contributed by atoms with Crippen LogP contribution >= 0.6 is 0 Å². The van der Waals surface area contributed by atoms with Crippen molar-refractivity contribution in [2.45, 2.75) is 30.7 Å². The minimum absolute atomic E-state index is 0.0746. The molecule has 0 aliphatic heterocycles. The Kier molecular flexibility index (Phi) is 3.53. The highest BCUT2D eigenvalue weighted by molar-refractivity contribution is 5.21. The van der Waals surface area contributed by atoms with E-state index < -0.39 is 36.0 Å². The fourth-order valence-corrected chi connectivity index (χ4v) is 1.86. The van der Waals surface area contributed by atoms with E-state index in [4.69, 9.17) is 0 Å². The van der Waals surface area contributed by atoms with Gasteiger partial charge in [0.1, 0.15) is 17.2 Å². The van der Waals surface area contributed by atoms with Crippen LogP contribution in [-0.2, 0) is 0 Å². The smallest absolute Gasteiger partial charge is 0.387 e. The molecule has 0 saturated heterocycles. The fourth-order valence-electron chi connectivity index (χ4n) is 1.86. The van der Waals surface area contributed by atoms with Crippen molar-refractivity contribution < 1.29 is 27.1 Å². The first-order valence-electron chi connectivity index (χ1n) is 5.70. The van der Waals surface area contributed by atoms with Crippen LogP contribution in [-0.4, -0.2) is 23.4 Å². The maximum absolute atomic E-state index is 13.3. The predicted molar refractivity (Wildman–Crippen MR) is 57.3 cm³/mol. The molecule has 1 aromatic rings. The van der Waals surface area contributed by atoms with Crippen molar-refractivity contribution in [2.24, 2.45) is 0 Å². The van der Waals surface area contributed by atoms with Gasteiger partial charge in [0.2, 0.25) is 0 Å². The number of alkyl halides is 3. The van der Waals surface area contributed by atoms with Gasteiger partial charge in [-0.05, 0) is 31.0 Å². The van der Waals surface area contributed by atoms with Crippen LogP contribution in [0.4, 0.5) is 22.0 Å². The van der Waals surface area contributed by atoms with Gasteiger partial charge in [-0.25, -0.2) is 8.78 Å². The van der Waals surface area contributed by atoms with Gasteiger partial charge in [0, 0.05) is 12.1 Å². The third-order valence-electron chi connectivity index (χ3n) is 3.24. The molecule has 1 atom stereocenters. The fraction of sp³-hybridized carbons (Fsp3) is 0.500. The normalized spacial score (nSPS) is 19.3. The zero-order chi connectivity index (χ0) is 14.3. The topological polar surface area (TPSA) is 32.3 Å². The molecule has 2 rings (SSSR count). The molecule has 7 heteroatoms. The highest BCUT2D eigenvalue weighted by Gasteiger charge is 2.63. The quantitative estimate of drug-likeness (QED) is 0.832. The van der Waals surface area contributed by atoms with Gasteiger partial charge in [0.05, 0.1) is 6.10 Å². The highest BCUT2D eigenvalue weighted by atomic mass is 19.4. The maximum Gasteiger partial charge on any atom is 0.406 e. The molecule has 0 spiro atoms. The molecule has 0 amide bonds. The number of rotatable bonds is 4. The van der Waals surface area contributed by atoms with E-state index in [0.29, 0.717) is 0 Å². The van der Waals surface area contributed by atoms with Crippen LogP contribution in [0.25, 0.3) is 0 Å². The van der Waals surface area contributed by atoms with Gasteiger partial charge in [-0.15, -0.1) is 0 Å². The Bertz CT molecular complexity index is 470. The van der Waals surface area contributed by atoms with Gasteiger partial charge in [0.25, 0.3) is 0 Å². The number of β-amino-alcohol motifs (C(OH)–C–C–N with tert-alkyl or cyclic N) is 1. The standard InChI is InChI=1S/C12H12F5NO/c13-7-1-2-9(14)8(5-7)10(19)6-18-11(3-4-11)12(15,16)17/h1-2,5,10,18-19H,3-4,6H2. The van der Waals surface area contributed by atoms with E-state index >= 15 is 0 Å². The van der Waals surface area contributed by atoms with E-state index in [2.05, 4.69) is 5.32 Å². The van der Waals surface area contributed by atoms with Crippen LogP contribution in [0.5, 0.6) is 0 Å². The van der Waals surface area contributed by atoms with Crippen LogP contribution in [0.15, 0.2) is 18.2 Å². The molecule has 1 unspecified atom stereocenters. The highest BCUT2D eigenvalue weighted by Crippen LogP contribution is 2.49. The van der Waals surface area contributed by atoms with E-state index in [1.54, 1.807) is 0 Å². The second kappa shape index (κ2) is 4.72. The van der Waals surface area contributed by atoms with Crippen molar-refractivity contribution in [3.05, 3.63) is 35.4 Å². The summed E-state index contributed by atoms with van der Waals surface area (Å²) in [5.74, 6) is -1.61. The first kappa shape index (κ1) is 14.2. The van der Waals surface area contributed by atoms with Crippen molar-refractivity contribution in [3.8, 4) is 0 Å². The molecule has 2 nitrogen and oxygen atoms in total. The molecule has 0 bridgehead atoms. The Balaban J connectivity index is 2.02. The van der Waals surface area contributed by atoms with Gasteiger partial charge >= 0.3 is 6.18 Å². The summed E-state index contributed by atoms with van der Waals surface area (Å²) in [5, 5.41) is 11.8. The van der Waals surface area contributed by atoms with E-state index in [0.717, 1.165) is 18.2 Å². The van der Waals surface area contributed by atoms with Crippen molar-refractivity contribution in [3.63, 3.8) is 0 Å². The number of benzene rings is 1. The Morgan fingerprint density at radius 1 is 1.26 bits per heavy atom. The summed E-state index contributed by atoms with van der Waals surface area (Å²) in [6, 6.07) is 2.47. The largest absolute Gasteiger partial charge is 0.406 e. The third-order valence-corrected chi connectivity index (χ3v) is 3.24. The molecule has 2 N–H and O–H groups in total. The molecule has 19 heavy (non-hydrogen) atoms. The van der Waals surface area contributed by atoms with Crippen molar-refractivity contribution in [1.29, 1.82) is 0 Å². The van der Waals surface area contributed by atoms with E-state index in [1.807, 2.05) is 0 Å². The first-order valence-corrected chi connectivity index (χ1v) is 5.70.